The van der Waals surface area contributed by atoms with E-state index in [4.69, 9.17) is 17.0 Å². The fourth-order valence-corrected chi connectivity index (χ4v) is 1.30. The Kier molecular flexibility index (Phi) is 6.51. The monoisotopic (exact) mass is 302 g/mol. The van der Waals surface area contributed by atoms with Crippen LogP contribution < -0.4 is 0 Å². The molecule has 0 aliphatic heterocycles. The van der Waals surface area contributed by atoms with Gasteiger partial charge in [-0.25, -0.2) is 18.6 Å². The molecule has 0 saturated carbocycles. The molecule has 2 aromatic carbocycles. The largest absolute Gasteiger partial charge is 0.748 e. The Morgan fingerprint density at radius 2 is 1.57 bits per heavy atom. The first-order valence-electron chi connectivity index (χ1n) is 4.24. The van der Waals surface area contributed by atoms with Crippen LogP contribution in [0.5, 0.6) is 0 Å². The van der Waals surface area contributed by atoms with E-state index in [9.17, 15) is 0 Å². The Labute approximate surface area is 103 Å². The third-order valence-corrected chi connectivity index (χ3v) is 1.87. The predicted molar refractivity (Wildman–Crippen MR) is 58.6 cm³/mol. The molecule has 0 nitrogen and oxygen atoms in total. The molecule has 0 saturated heterocycles. The Hall–Kier alpha value is 0.163. The molecule has 78 valence electrons. The summed E-state index contributed by atoms with van der Waals surface area (Å²) < 4.78 is 0. The van der Waals surface area contributed by atoms with Crippen LogP contribution in [0.4, 0.5) is 0 Å². The van der Waals surface area contributed by atoms with E-state index in [-0.39, 0.29) is 0 Å². The molecule has 2 aromatic rings. The second kappa shape index (κ2) is 7.45. The molecular weight excluding hydrogens is 294 g/mol. The van der Waals surface area contributed by atoms with Crippen molar-refractivity contribution in [3.8, 4) is 0 Å². The van der Waals surface area contributed by atoms with Crippen LogP contribution in [0.15, 0.2) is 48.5 Å². The first kappa shape index (κ1) is 12.2. The third kappa shape index (κ3) is 4.59. The second-order valence-corrected chi connectivity index (χ2v) is 6.57. The molecule has 0 fully saturated rings. The van der Waals surface area contributed by atoms with E-state index in [0.29, 0.717) is 0 Å². The van der Waals surface area contributed by atoms with Gasteiger partial charge in [0.1, 0.15) is 0 Å². The minimum Gasteiger partial charge on any atom is -0.748 e. The van der Waals surface area contributed by atoms with Gasteiger partial charge in [0.05, 0.1) is 0 Å². The Bertz CT molecular complexity index is 279. The maximum absolute atomic E-state index is 4.93. The van der Waals surface area contributed by atoms with Gasteiger partial charge in [-0.3, -0.25) is 0 Å². The summed E-state index contributed by atoms with van der Waals surface area (Å²) in [4.78, 5) is 0. The molecule has 0 bridgehead atoms. The van der Waals surface area contributed by atoms with E-state index in [1.54, 1.807) is 0 Å². The predicted octanol–water partition coefficient (Wildman–Crippen LogP) is 4.09. The fraction of sp³-hybridized carbons (Fsp3) is 0.0909. The van der Waals surface area contributed by atoms with Crippen molar-refractivity contribution in [2.24, 2.45) is 0 Å². The second-order valence-electron chi connectivity index (χ2n) is 2.83. The molecule has 0 spiro atoms. The van der Waals surface area contributed by atoms with E-state index < -0.39 is 20.8 Å². The van der Waals surface area contributed by atoms with Gasteiger partial charge in [-0.1, -0.05) is 0 Å². The van der Waals surface area contributed by atoms with Crippen LogP contribution in [0, 0.1) is 0 Å². The molecule has 0 radical (unpaired) electrons. The van der Waals surface area contributed by atoms with Crippen LogP contribution in [0.25, 0.3) is 0 Å². The van der Waals surface area contributed by atoms with Gasteiger partial charge in [-0.15, -0.1) is 0 Å². The summed E-state index contributed by atoms with van der Waals surface area (Å²) in [6.07, 6.45) is 1.07. The van der Waals surface area contributed by atoms with Crippen LogP contribution in [-0.4, -0.2) is 0 Å². The van der Waals surface area contributed by atoms with Crippen molar-refractivity contribution >= 4 is 17.0 Å². The summed E-state index contributed by atoms with van der Waals surface area (Å²) >= 11 is -0.826. The molecule has 0 amide bonds. The Morgan fingerprint density at radius 1 is 1.07 bits per heavy atom. The van der Waals surface area contributed by atoms with Crippen molar-refractivity contribution in [1.82, 2.24) is 0 Å². The Morgan fingerprint density at radius 3 is 2.07 bits per heavy atom. The van der Waals surface area contributed by atoms with Gasteiger partial charge >= 0.3 is 37.9 Å². The fourth-order valence-electron chi connectivity index (χ4n) is 1.30. The summed E-state index contributed by atoms with van der Waals surface area (Å²) in [6.45, 7) is 0. The van der Waals surface area contributed by atoms with E-state index >= 15 is 0 Å². The number of hydrogen-bond acceptors (Lipinski definition) is 0. The van der Waals surface area contributed by atoms with Crippen LogP contribution in [0.3, 0.4) is 0 Å². The minimum atomic E-state index is -0.826. The molecule has 0 aliphatic rings. The van der Waals surface area contributed by atoms with Crippen molar-refractivity contribution in [2.75, 3.05) is 0 Å². The van der Waals surface area contributed by atoms with Crippen molar-refractivity contribution in [3.63, 3.8) is 0 Å². The van der Waals surface area contributed by atoms with Gasteiger partial charge in [0.2, 0.25) is 0 Å². The molecule has 0 heterocycles. The van der Waals surface area contributed by atoms with Crippen LogP contribution in [-0.2, 0) is 27.3 Å². The number of halogens is 2. The summed E-state index contributed by atoms with van der Waals surface area (Å²) in [5, 5.41) is 0. The topological polar surface area (TPSA) is 0 Å². The maximum Gasteiger partial charge on any atom is -0.183 e. The van der Waals surface area contributed by atoms with Gasteiger partial charge in [0.25, 0.3) is 0 Å². The van der Waals surface area contributed by atoms with E-state index in [1.807, 2.05) is 0 Å². The van der Waals surface area contributed by atoms with Crippen LogP contribution in [0.1, 0.15) is 11.1 Å². The standard InChI is InChI=1S/C11H10.2ClH.Zr/c1-2-6-10(5-1)9-11-7-3-4-8-11;;;/h1-8H,9H2;2*1H;/q-6;;;+2/p-2. The Balaban J connectivity index is 0.000000293. The smallest absolute Gasteiger partial charge is 0.183 e. The molecule has 0 aromatic heterocycles. The van der Waals surface area contributed by atoms with Gasteiger partial charge < -0.3 is 29.8 Å². The van der Waals surface area contributed by atoms with E-state index in [0.717, 1.165) is 6.42 Å². The molecule has 0 atom stereocenters. The normalized spacial score (nSPS) is 9.00. The molecule has 0 aliphatic carbocycles. The number of rotatable bonds is 2. The molecular formula is C11H10Cl2Zr-6. The first-order valence-corrected chi connectivity index (χ1v) is 10.6. The molecule has 0 N–H and O–H groups in total. The molecule has 0 unspecified atom stereocenters. The zero-order valence-electron chi connectivity index (χ0n) is 7.58. The van der Waals surface area contributed by atoms with Crippen LogP contribution >= 0.6 is 17.0 Å². The van der Waals surface area contributed by atoms with E-state index in [2.05, 4.69) is 48.5 Å². The van der Waals surface area contributed by atoms with Crippen molar-refractivity contribution in [1.29, 1.82) is 0 Å². The average molecular weight is 304 g/mol. The van der Waals surface area contributed by atoms with E-state index in [1.165, 1.54) is 11.1 Å². The average Bonchev–Trinajstić information content (AvgIpc) is 2.79. The zero-order valence-corrected chi connectivity index (χ0v) is 11.6. The minimum absolute atomic E-state index is 0.826. The van der Waals surface area contributed by atoms with Crippen molar-refractivity contribution in [3.05, 3.63) is 59.7 Å². The molecule has 3 heteroatoms. The third-order valence-electron chi connectivity index (χ3n) is 1.87. The first-order chi connectivity index (χ1) is 6.86. The summed E-state index contributed by atoms with van der Waals surface area (Å²) in [6, 6.07) is 17.0. The molecule has 2 rings (SSSR count). The van der Waals surface area contributed by atoms with Crippen molar-refractivity contribution in [2.45, 2.75) is 6.42 Å². The van der Waals surface area contributed by atoms with Crippen molar-refractivity contribution < 1.29 is 20.8 Å². The molecule has 14 heavy (non-hydrogen) atoms. The zero-order chi connectivity index (χ0) is 10.2. The van der Waals surface area contributed by atoms with Gasteiger partial charge in [0, 0.05) is 0 Å². The SMILES string of the molecule is [Cl][Zr][Cl].c1cc[c-](C[c-]2[cH-][cH-][cH-][cH-]2)c1. The van der Waals surface area contributed by atoms with Gasteiger partial charge in [-0.2, -0.15) is 17.7 Å². The summed E-state index contributed by atoms with van der Waals surface area (Å²) in [5.41, 5.74) is 2.80. The summed E-state index contributed by atoms with van der Waals surface area (Å²) in [5.74, 6) is 0. The summed E-state index contributed by atoms with van der Waals surface area (Å²) in [7, 11) is 9.87. The maximum atomic E-state index is 4.93. The number of hydrogen-bond donors (Lipinski definition) is 0. The van der Waals surface area contributed by atoms with Gasteiger partial charge in [0.15, 0.2) is 0 Å². The quantitative estimate of drug-likeness (QED) is 0.733. The van der Waals surface area contributed by atoms with Crippen LogP contribution in [0.2, 0.25) is 0 Å². The van der Waals surface area contributed by atoms with Gasteiger partial charge in [-0.05, 0) is 0 Å².